The molecule has 0 aliphatic carbocycles. The molecule has 2 rings (SSSR count). The number of carbonyl (C=O) groups excluding carboxylic acids is 1. The van der Waals surface area contributed by atoms with Crippen LogP contribution in [0.2, 0.25) is 0 Å². The van der Waals surface area contributed by atoms with E-state index in [1.54, 1.807) is 13.2 Å². The molecule has 6 heteroatoms. The molecule has 0 fully saturated rings. The Hall–Kier alpha value is -1.66. The molecule has 1 aromatic heterocycles. The Bertz CT molecular complexity index is 694. The monoisotopic (exact) mass is 367 g/mol. The zero-order chi connectivity index (χ0) is 15.4. The minimum Gasteiger partial charge on any atom is -0.496 e. The van der Waals surface area contributed by atoms with Crippen LogP contribution < -0.4 is 4.74 Å². The van der Waals surface area contributed by atoms with E-state index in [-0.39, 0.29) is 0 Å². The van der Waals surface area contributed by atoms with Gasteiger partial charge in [-0.3, -0.25) is 0 Å². The van der Waals surface area contributed by atoms with Crippen LogP contribution in [0.4, 0.5) is 0 Å². The van der Waals surface area contributed by atoms with E-state index in [9.17, 15) is 4.79 Å². The number of hydrogen-bond donors (Lipinski definition) is 0. The van der Waals surface area contributed by atoms with Gasteiger partial charge in [-0.1, -0.05) is 6.07 Å². The van der Waals surface area contributed by atoms with Gasteiger partial charge in [0.15, 0.2) is 0 Å². The predicted molar refractivity (Wildman–Crippen MR) is 87.4 cm³/mol. The molecule has 21 heavy (non-hydrogen) atoms. The summed E-state index contributed by atoms with van der Waals surface area (Å²) in [6.45, 7) is 1.89. The van der Waals surface area contributed by atoms with E-state index in [0.29, 0.717) is 10.6 Å². The fourth-order valence-electron chi connectivity index (χ4n) is 1.73. The number of esters is 1. The lowest BCUT2D eigenvalue weighted by atomic mass is 10.1. The van der Waals surface area contributed by atoms with Gasteiger partial charge in [0.2, 0.25) is 0 Å². The third-order valence-electron chi connectivity index (χ3n) is 2.74. The molecule has 0 aliphatic heterocycles. The molecule has 1 aromatic carbocycles. The van der Waals surface area contributed by atoms with E-state index in [2.05, 4.69) is 20.9 Å². The number of aryl methyl sites for hydroxylation is 1. The Labute approximate surface area is 135 Å². The number of nitrogens with zero attached hydrogens (tertiary/aromatic N) is 1. The molecular weight excluding hydrogens is 354 g/mol. The third kappa shape index (κ3) is 3.71. The Kier molecular flexibility index (Phi) is 5.14. The van der Waals surface area contributed by atoms with Gasteiger partial charge >= 0.3 is 5.97 Å². The minimum atomic E-state index is -0.406. The van der Waals surface area contributed by atoms with Crippen LogP contribution in [0, 0.1) is 6.92 Å². The standard InChI is InChI=1S/C15H14BrNO3S/c1-9-8-21-14(17-9)11(15(18)20-3)6-10-4-5-13(19-2)12(16)7-10/h4-8H,1-3H3/b11-6-. The zero-order valence-electron chi connectivity index (χ0n) is 11.8. The summed E-state index contributed by atoms with van der Waals surface area (Å²) in [6.07, 6.45) is 1.76. The van der Waals surface area contributed by atoms with Gasteiger partial charge in [0, 0.05) is 11.1 Å². The van der Waals surface area contributed by atoms with E-state index < -0.39 is 5.97 Å². The molecule has 4 nitrogen and oxygen atoms in total. The summed E-state index contributed by atoms with van der Waals surface area (Å²) in [5.74, 6) is 0.327. The van der Waals surface area contributed by atoms with Crippen molar-refractivity contribution in [1.29, 1.82) is 0 Å². The highest BCUT2D eigenvalue weighted by Crippen LogP contribution is 2.28. The van der Waals surface area contributed by atoms with Gasteiger partial charge in [0.05, 0.1) is 24.3 Å². The maximum Gasteiger partial charge on any atom is 0.340 e. The molecular formula is C15H14BrNO3S. The number of benzene rings is 1. The average molecular weight is 368 g/mol. The fraction of sp³-hybridized carbons (Fsp3) is 0.200. The number of carbonyl (C=O) groups is 1. The lowest BCUT2D eigenvalue weighted by molar-refractivity contribution is -0.133. The van der Waals surface area contributed by atoms with Crippen LogP contribution in [0.25, 0.3) is 11.6 Å². The summed E-state index contributed by atoms with van der Waals surface area (Å²) >= 11 is 4.84. The summed E-state index contributed by atoms with van der Waals surface area (Å²) in [5.41, 5.74) is 2.17. The SMILES string of the molecule is COC(=O)/C(=C\c1ccc(OC)c(Br)c1)c1nc(C)cs1. The number of aromatic nitrogens is 1. The van der Waals surface area contributed by atoms with Gasteiger partial charge in [0.1, 0.15) is 10.8 Å². The van der Waals surface area contributed by atoms with E-state index in [1.807, 2.05) is 30.5 Å². The molecule has 0 aliphatic rings. The predicted octanol–water partition coefficient (Wildman–Crippen LogP) is 3.94. The highest BCUT2D eigenvalue weighted by molar-refractivity contribution is 9.10. The summed E-state index contributed by atoms with van der Waals surface area (Å²) in [7, 11) is 2.97. The number of methoxy groups -OCH3 is 2. The Balaban J connectivity index is 2.45. The Morgan fingerprint density at radius 3 is 2.67 bits per heavy atom. The second-order valence-corrected chi connectivity index (χ2v) is 5.95. The largest absolute Gasteiger partial charge is 0.496 e. The van der Waals surface area contributed by atoms with Crippen molar-refractivity contribution in [2.75, 3.05) is 14.2 Å². The van der Waals surface area contributed by atoms with E-state index in [4.69, 9.17) is 9.47 Å². The molecule has 0 amide bonds. The first kappa shape index (κ1) is 15.7. The highest BCUT2D eigenvalue weighted by atomic mass is 79.9. The minimum absolute atomic E-state index is 0.406. The lowest BCUT2D eigenvalue weighted by Crippen LogP contribution is -2.03. The second kappa shape index (κ2) is 6.87. The zero-order valence-corrected chi connectivity index (χ0v) is 14.2. The highest BCUT2D eigenvalue weighted by Gasteiger charge is 2.16. The molecule has 1 heterocycles. The van der Waals surface area contributed by atoms with E-state index in [0.717, 1.165) is 21.5 Å². The van der Waals surface area contributed by atoms with Crippen molar-refractivity contribution in [3.63, 3.8) is 0 Å². The summed E-state index contributed by atoms with van der Waals surface area (Å²) in [5, 5.41) is 2.54. The number of ether oxygens (including phenoxy) is 2. The van der Waals surface area contributed by atoms with Crippen LogP contribution >= 0.6 is 27.3 Å². The summed E-state index contributed by atoms with van der Waals surface area (Å²) in [4.78, 5) is 16.3. The van der Waals surface area contributed by atoms with Crippen molar-refractivity contribution >= 4 is 44.9 Å². The normalized spacial score (nSPS) is 11.3. The summed E-state index contributed by atoms with van der Waals surface area (Å²) in [6, 6.07) is 5.58. The first-order valence-corrected chi connectivity index (χ1v) is 7.78. The Morgan fingerprint density at radius 2 is 2.14 bits per heavy atom. The molecule has 110 valence electrons. The number of hydrogen-bond acceptors (Lipinski definition) is 5. The number of halogens is 1. The maximum atomic E-state index is 12.0. The van der Waals surface area contributed by atoms with Gasteiger partial charge in [-0.25, -0.2) is 9.78 Å². The van der Waals surface area contributed by atoms with Crippen molar-refractivity contribution in [1.82, 2.24) is 4.98 Å². The van der Waals surface area contributed by atoms with Crippen molar-refractivity contribution in [2.24, 2.45) is 0 Å². The Morgan fingerprint density at radius 1 is 1.38 bits per heavy atom. The first-order valence-electron chi connectivity index (χ1n) is 6.11. The molecule has 2 aromatic rings. The van der Waals surface area contributed by atoms with E-state index in [1.165, 1.54) is 18.4 Å². The molecule has 0 N–H and O–H groups in total. The van der Waals surface area contributed by atoms with Gasteiger partial charge in [-0.05, 0) is 46.6 Å². The van der Waals surface area contributed by atoms with Gasteiger partial charge in [0.25, 0.3) is 0 Å². The third-order valence-corrected chi connectivity index (χ3v) is 4.35. The van der Waals surface area contributed by atoms with Crippen LogP contribution in [-0.4, -0.2) is 25.2 Å². The number of rotatable bonds is 4. The van der Waals surface area contributed by atoms with Crippen molar-refractivity contribution in [2.45, 2.75) is 6.92 Å². The number of thiazole rings is 1. The van der Waals surface area contributed by atoms with Crippen LogP contribution in [0.1, 0.15) is 16.3 Å². The van der Waals surface area contributed by atoms with Crippen LogP contribution in [0.15, 0.2) is 28.1 Å². The van der Waals surface area contributed by atoms with Crippen LogP contribution in [-0.2, 0) is 9.53 Å². The molecule has 0 radical (unpaired) electrons. The van der Waals surface area contributed by atoms with Gasteiger partial charge in [-0.2, -0.15) is 0 Å². The smallest absolute Gasteiger partial charge is 0.340 e. The van der Waals surface area contributed by atoms with Gasteiger partial charge in [-0.15, -0.1) is 11.3 Å². The summed E-state index contributed by atoms with van der Waals surface area (Å²) < 4.78 is 10.9. The fourth-order valence-corrected chi connectivity index (χ4v) is 3.09. The molecule has 0 saturated carbocycles. The van der Waals surface area contributed by atoms with Crippen molar-refractivity contribution < 1.29 is 14.3 Å². The molecule has 0 saturated heterocycles. The topological polar surface area (TPSA) is 48.4 Å². The molecule has 0 atom stereocenters. The van der Waals surface area contributed by atoms with E-state index >= 15 is 0 Å². The lowest BCUT2D eigenvalue weighted by Gasteiger charge is -2.05. The van der Waals surface area contributed by atoms with Crippen LogP contribution in [0.5, 0.6) is 5.75 Å². The van der Waals surface area contributed by atoms with Gasteiger partial charge < -0.3 is 9.47 Å². The van der Waals surface area contributed by atoms with Crippen molar-refractivity contribution in [3.8, 4) is 5.75 Å². The molecule has 0 bridgehead atoms. The second-order valence-electron chi connectivity index (χ2n) is 4.24. The molecule has 0 unspecified atom stereocenters. The van der Waals surface area contributed by atoms with Crippen molar-refractivity contribution in [3.05, 3.63) is 44.3 Å². The molecule has 0 spiro atoms. The maximum absolute atomic E-state index is 12.0. The average Bonchev–Trinajstić information content (AvgIpc) is 2.90. The quantitative estimate of drug-likeness (QED) is 0.606. The first-order chi connectivity index (χ1) is 10.0. The van der Waals surface area contributed by atoms with Crippen LogP contribution in [0.3, 0.4) is 0 Å².